The van der Waals surface area contributed by atoms with Crippen LogP contribution in [0, 0.1) is 13.8 Å². The van der Waals surface area contributed by atoms with E-state index in [2.05, 4.69) is 20.4 Å². The van der Waals surface area contributed by atoms with Crippen LogP contribution in [0.25, 0.3) is 10.6 Å². The average molecular weight is 227 g/mol. The summed E-state index contributed by atoms with van der Waals surface area (Å²) in [6, 6.07) is 1.93. The molecule has 0 bridgehead atoms. The quantitative estimate of drug-likeness (QED) is 0.749. The molecule has 0 aliphatic carbocycles. The van der Waals surface area contributed by atoms with Gasteiger partial charge in [0.05, 0.1) is 11.4 Å². The molecule has 72 valence electrons. The first-order valence-electron chi connectivity index (χ1n) is 3.97. The number of aromatic nitrogens is 4. The molecule has 2 aromatic heterocycles. The number of halogens is 1. The Kier molecular flexibility index (Phi) is 2.43. The highest BCUT2D eigenvalue weighted by Gasteiger charge is 2.09. The van der Waals surface area contributed by atoms with E-state index in [9.17, 15) is 0 Å². The van der Waals surface area contributed by atoms with Crippen LogP contribution in [0.4, 0.5) is 0 Å². The topological polar surface area (TPSA) is 51.6 Å². The minimum Gasteiger partial charge on any atom is -0.156 e. The molecule has 0 radical (unpaired) electrons. The minimum absolute atomic E-state index is 0.439. The summed E-state index contributed by atoms with van der Waals surface area (Å²) in [6.45, 7) is 3.77. The lowest BCUT2D eigenvalue weighted by Crippen LogP contribution is -1.93. The fourth-order valence-electron chi connectivity index (χ4n) is 1.08. The molecular formula is C8H7ClN4S. The summed E-state index contributed by atoms with van der Waals surface area (Å²) < 4.78 is 0.439. The zero-order valence-corrected chi connectivity index (χ0v) is 9.22. The zero-order valence-electron chi connectivity index (χ0n) is 7.65. The standard InChI is InChI=1S/C8H7ClN4S/c1-4-3-6(5(2)11-10-4)7-12-13-8(9)14-7/h3H,1-2H3. The van der Waals surface area contributed by atoms with Crippen LogP contribution in [-0.4, -0.2) is 20.4 Å². The molecule has 14 heavy (non-hydrogen) atoms. The first-order valence-corrected chi connectivity index (χ1v) is 5.16. The fourth-order valence-corrected chi connectivity index (χ4v) is 1.98. The van der Waals surface area contributed by atoms with E-state index in [1.54, 1.807) is 0 Å². The second-order valence-electron chi connectivity index (χ2n) is 2.84. The third kappa shape index (κ3) is 1.73. The van der Waals surface area contributed by atoms with Crippen molar-refractivity contribution >= 4 is 22.9 Å². The van der Waals surface area contributed by atoms with Gasteiger partial charge in [0.1, 0.15) is 0 Å². The van der Waals surface area contributed by atoms with Crippen LogP contribution in [0.5, 0.6) is 0 Å². The van der Waals surface area contributed by atoms with Crippen molar-refractivity contribution in [1.82, 2.24) is 20.4 Å². The van der Waals surface area contributed by atoms with E-state index in [0.29, 0.717) is 4.47 Å². The predicted molar refractivity (Wildman–Crippen MR) is 55.4 cm³/mol. The summed E-state index contributed by atoms with van der Waals surface area (Å²) in [5.41, 5.74) is 2.64. The van der Waals surface area contributed by atoms with Crippen molar-refractivity contribution in [1.29, 1.82) is 0 Å². The Hall–Kier alpha value is -1.07. The molecule has 0 saturated carbocycles. The van der Waals surface area contributed by atoms with Crippen LogP contribution >= 0.6 is 22.9 Å². The molecule has 0 aromatic carbocycles. The van der Waals surface area contributed by atoms with Crippen molar-refractivity contribution in [3.05, 3.63) is 21.9 Å². The smallest absolute Gasteiger partial charge is 0.156 e. The van der Waals surface area contributed by atoms with Gasteiger partial charge in [-0.15, -0.1) is 10.2 Å². The summed E-state index contributed by atoms with van der Waals surface area (Å²) in [7, 11) is 0. The van der Waals surface area contributed by atoms with Crippen molar-refractivity contribution in [3.8, 4) is 10.6 Å². The normalized spacial score (nSPS) is 10.5. The molecule has 0 spiro atoms. The van der Waals surface area contributed by atoms with Crippen molar-refractivity contribution in [2.24, 2.45) is 0 Å². The maximum Gasteiger partial charge on any atom is 0.207 e. The van der Waals surface area contributed by atoms with Gasteiger partial charge in [0.15, 0.2) is 5.01 Å². The maximum atomic E-state index is 5.71. The summed E-state index contributed by atoms with van der Waals surface area (Å²) >= 11 is 7.05. The van der Waals surface area contributed by atoms with E-state index in [1.807, 2.05) is 19.9 Å². The lowest BCUT2D eigenvalue weighted by molar-refractivity contribution is 0.940. The Balaban J connectivity index is 2.55. The lowest BCUT2D eigenvalue weighted by atomic mass is 10.2. The fraction of sp³-hybridized carbons (Fsp3) is 0.250. The molecule has 0 N–H and O–H groups in total. The third-order valence-corrected chi connectivity index (χ3v) is 2.78. The van der Waals surface area contributed by atoms with Gasteiger partial charge in [-0.3, -0.25) is 0 Å². The molecule has 0 unspecified atom stereocenters. The molecular weight excluding hydrogens is 220 g/mol. The van der Waals surface area contributed by atoms with E-state index < -0.39 is 0 Å². The van der Waals surface area contributed by atoms with Crippen molar-refractivity contribution in [2.75, 3.05) is 0 Å². The molecule has 0 saturated heterocycles. The molecule has 2 heterocycles. The van der Waals surface area contributed by atoms with Crippen molar-refractivity contribution < 1.29 is 0 Å². The van der Waals surface area contributed by atoms with Crippen molar-refractivity contribution in [2.45, 2.75) is 13.8 Å². The molecule has 0 atom stereocenters. The van der Waals surface area contributed by atoms with E-state index in [0.717, 1.165) is 22.0 Å². The highest BCUT2D eigenvalue weighted by Crippen LogP contribution is 2.27. The van der Waals surface area contributed by atoms with Crippen LogP contribution in [0.1, 0.15) is 11.4 Å². The van der Waals surface area contributed by atoms with Gasteiger partial charge >= 0.3 is 0 Å². The highest BCUT2D eigenvalue weighted by molar-refractivity contribution is 7.18. The van der Waals surface area contributed by atoms with Crippen molar-refractivity contribution in [3.63, 3.8) is 0 Å². The van der Waals surface area contributed by atoms with Gasteiger partial charge in [0.25, 0.3) is 0 Å². The van der Waals surface area contributed by atoms with Crippen LogP contribution in [0.2, 0.25) is 4.47 Å². The highest BCUT2D eigenvalue weighted by atomic mass is 35.5. The third-order valence-electron chi connectivity index (χ3n) is 1.73. The van der Waals surface area contributed by atoms with E-state index in [4.69, 9.17) is 11.6 Å². The number of rotatable bonds is 1. The maximum absolute atomic E-state index is 5.71. The molecule has 4 nitrogen and oxygen atoms in total. The second kappa shape index (κ2) is 3.59. The molecule has 6 heteroatoms. The van der Waals surface area contributed by atoms with E-state index in [-0.39, 0.29) is 0 Å². The number of aryl methyl sites for hydroxylation is 2. The van der Waals surface area contributed by atoms with Gasteiger partial charge in [-0.25, -0.2) is 0 Å². The summed E-state index contributed by atoms with van der Waals surface area (Å²) in [5.74, 6) is 0. The summed E-state index contributed by atoms with van der Waals surface area (Å²) in [4.78, 5) is 0. The first-order chi connectivity index (χ1) is 6.66. The largest absolute Gasteiger partial charge is 0.207 e. The molecule has 0 amide bonds. The predicted octanol–water partition coefficient (Wildman–Crippen LogP) is 2.27. The number of hydrogen-bond donors (Lipinski definition) is 0. The van der Waals surface area contributed by atoms with Crippen LogP contribution in [0.3, 0.4) is 0 Å². The Bertz CT molecular complexity index is 468. The molecule has 0 aliphatic heterocycles. The second-order valence-corrected chi connectivity index (χ2v) is 4.40. The average Bonchev–Trinajstić information content (AvgIpc) is 2.56. The Morgan fingerprint density at radius 1 is 1.14 bits per heavy atom. The minimum atomic E-state index is 0.439. The van der Waals surface area contributed by atoms with Crippen LogP contribution < -0.4 is 0 Å². The Morgan fingerprint density at radius 2 is 1.93 bits per heavy atom. The van der Waals surface area contributed by atoms with Gasteiger partial charge in [-0.2, -0.15) is 10.2 Å². The molecule has 2 rings (SSSR count). The van der Waals surface area contributed by atoms with Crippen LogP contribution in [-0.2, 0) is 0 Å². The Labute approximate surface area is 90.0 Å². The monoisotopic (exact) mass is 226 g/mol. The van der Waals surface area contributed by atoms with Gasteiger partial charge in [0, 0.05) is 5.56 Å². The summed E-state index contributed by atoms with van der Waals surface area (Å²) in [6.07, 6.45) is 0. The van der Waals surface area contributed by atoms with E-state index in [1.165, 1.54) is 11.3 Å². The van der Waals surface area contributed by atoms with Gasteiger partial charge in [-0.05, 0) is 31.5 Å². The SMILES string of the molecule is Cc1cc(-c2nnc(Cl)s2)c(C)nn1. The summed E-state index contributed by atoms with van der Waals surface area (Å²) in [5, 5.41) is 16.4. The van der Waals surface area contributed by atoms with Crippen LogP contribution in [0.15, 0.2) is 6.07 Å². The van der Waals surface area contributed by atoms with Gasteiger partial charge in [-0.1, -0.05) is 11.3 Å². The van der Waals surface area contributed by atoms with E-state index >= 15 is 0 Å². The lowest BCUT2D eigenvalue weighted by Gasteiger charge is -1.99. The van der Waals surface area contributed by atoms with Gasteiger partial charge < -0.3 is 0 Å². The first kappa shape index (κ1) is 9.48. The number of hydrogen-bond acceptors (Lipinski definition) is 5. The molecule has 0 fully saturated rings. The van der Waals surface area contributed by atoms with Gasteiger partial charge in [0.2, 0.25) is 4.47 Å². The zero-order chi connectivity index (χ0) is 10.1. The number of nitrogens with zero attached hydrogens (tertiary/aromatic N) is 4. The molecule has 2 aromatic rings. The molecule has 0 aliphatic rings. The Morgan fingerprint density at radius 3 is 2.57 bits per heavy atom.